The molecule has 3 N–H and O–H groups in total. The number of nitrogen functional groups attached to an aromatic ring is 1. The van der Waals surface area contributed by atoms with Gasteiger partial charge in [-0.25, -0.2) is 0 Å². The molecule has 3 nitrogen and oxygen atoms in total. The molecule has 21 heavy (non-hydrogen) atoms. The minimum atomic E-state index is 0.503. The number of thioether (sulfide) groups is 1. The monoisotopic (exact) mass is 365 g/mol. The van der Waals surface area contributed by atoms with Crippen LogP contribution in [-0.2, 0) is 0 Å². The fraction of sp³-hybridized carbons (Fsp3) is 0.438. The predicted molar refractivity (Wildman–Crippen MR) is 97.0 cm³/mol. The van der Waals surface area contributed by atoms with Gasteiger partial charge >= 0.3 is 0 Å². The highest BCUT2D eigenvalue weighted by Crippen LogP contribution is 2.34. The summed E-state index contributed by atoms with van der Waals surface area (Å²) in [6.45, 7) is 0. The maximum Gasteiger partial charge on any atom is 0.0743 e. The molecule has 1 heterocycles. The molecule has 1 aliphatic rings. The second-order valence-corrected chi connectivity index (χ2v) is 7.67. The van der Waals surface area contributed by atoms with Crippen molar-refractivity contribution in [3.63, 3.8) is 0 Å². The van der Waals surface area contributed by atoms with E-state index < -0.39 is 0 Å². The fourth-order valence-electron chi connectivity index (χ4n) is 3.04. The van der Waals surface area contributed by atoms with E-state index in [1.807, 2.05) is 23.9 Å². The summed E-state index contributed by atoms with van der Waals surface area (Å²) in [6, 6.07) is 6.63. The third-order valence-electron chi connectivity index (χ3n) is 4.17. The van der Waals surface area contributed by atoms with Gasteiger partial charge in [0.2, 0.25) is 0 Å². The Morgan fingerprint density at radius 2 is 2.24 bits per heavy atom. The topological polar surface area (TPSA) is 50.9 Å². The maximum absolute atomic E-state index is 6.18. The second-order valence-electron chi connectivity index (χ2n) is 5.62. The molecular formula is C16H20BrN3S. The summed E-state index contributed by atoms with van der Waals surface area (Å²) in [7, 11) is 0. The Morgan fingerprint density at radius 3 is 3.05 bits per heavy atom. The zero-order valence-corrected chi connectivity index (χ0v) is 14.5. The average Bonchev–Trinajstić information content (AvgIpc) is 2.50. The van der Waals surface area contributed by atoms with E-state index in [4.69, 9.17) is 5.73 Å². The highest BCUT2D eigenvalue weighted by molar-refractivity contribution is 9.10. The lowest BCUT2D eigenvalue weighted by Gasteiger charge is -2.30. The van der Waals surface area contributed by atoms with Crippen molar-refractivity contribution in [2.24, 2.45) is 0 Å². The summed E-state index contributed by atoms with van der Waals surface area (Å²) < 4.78 is 1.05. The molecule has 5 heteroatoms. The van der Waals surface area contributed by atoms with Gasteiger partial charge in [-0.15, -0.1) is 0 Å². The largest absolute Gasteiger partial charge is 0.396 e. The van der Waals surface area contributed by atoms with Crippen LogP contribution >= 0.6 is 27.7 Å². The molecule has 1 saturated carbocycles. The van der Waals surface area contributed by atoms with Gasteiger partial charge in [0.25, 0.3) is 0 Å². The van der Waals surface area contributed by atoms with Gasteiger partial charge in [0.15, 0.2) is 0 Å². The molecule has 0 bridgehead atoms. The SMILES string of the molecule is CSC1CCCC(Nc2c(N)cnc3ccc(Br)cc23)C1. The van der Waals surface area contributed by atoms with E-state index in [0.717, 1.165) is 32.0 Å². The molecule has 1 aliphatic carbocycles. The third-order valence-corrected chi connectivity index (χ3v) is 5.76. The average molecular weight is 366 g/mol. The van der Waals surface area contributed by atoms with Gasteiger partial charge in [0.1, 0.15) is 0 Å². The first kappa shape index (κ1) is 15.0. The first-order chi connectivity index (χ1) is 10.2. The third kappa shape index (κ3) is 3.29. The van der Waals surface area contributed by atoms with Gasteiger partial charge in [-0.3, -0.25) is 4.98 Å². The lowest BCUT2D eigenvalue weighted by atomic mass is 9.94. The van der Waals surface area contributed by atoms with Crippen molar-refractivity contribution < 1.29 is 0 Å². The van der Waals surface area contributed by atoms with E-state index in [2.05, 4.69) is 38.6 Å². The Kier molecular flexibility index (Phi) is 4.60. The van der Waals surface area contributed by atoms with Crippen molar-refractivity contribution in [1.29, 1.82) is 0 Å². The first-order valence-corrected chi connectivity index (χ1v) is 9.38. The highest BCUT2D eigenvalue weighted by Gasteiger charge is 2.22. The van der Waals surface area contributed by atoms with Crippen molar-refractivity contribution in [1.82, 2.24) is 4.98 Å². The number of pyridine rings is 1. The van der Waals surface area contributed by atoms with Crippen LogP contribution in [0.2, 0.25) is 0 Å². The smallest absolute Gasteiger partial charge is 0.0743 e. The van der Waals surface area contributed by atoms with Crippen LogP contribution in [0.25, 0.3) is 10.9 Å². The van der Waals surface area contributed by atoms with Gasteiger partial charge in [0.05, 0.1) is 23.1 Å². The molecular weight excluding hydrogens is 346 g/mol. The summed E-state index contributed by atoms with van der Waals surface area (Å²) in [4.78, 5) is 4.42. The number of nitrogens with two attached hydrogens (primary N) is 1. The Balaban J connectivity index is 1.92. The summed E-state index contributed by atoms with van der Waals surface area (Å²) >= 11 is 5.52. The molecule has 2 atom stereocenters. The summed E-state index contributed by atoms with van der Waals surface area (Å²) in [5, 5.41) is 5.54. The zero-order valence-electron chi connectivity index (χ0n) is 12.1. The molecule has 112 valence electrons. The second kappa shape index (κ2) is 6.44. The molecule has 0 spiro atoms. The fourth-order valence-corrected chi connectivity index (χ4v) is 4.22. The van der Waals surface area contributed by atoms with Crippen LogP contribution in [0.4, 0.5) is 11.4 Å². The van der Waals surface area contributed by atoms with E-state index in [1.165, 1.54) is 25.7 Å². The molecule has 0 amide bonds. The van der Waals surface area contributed by atoms with Crippen LogP contribution in [0.3, 0.4) is 0 Å². The van der Waals surface area contributed by atoms with Crippen LogP contribution in [0.1, 0.15) is 25.7 Å². The summed E-state index contributed by atoms with van der Waals surface area (Å²) in [5.41, 5.74) is 8.92. The van der Waals surface area contributed by atoms with Gasteiger partial charge < -0.3 is 11.1 Å². The number of aromatic nitrogens is 1. The van der Waals surface area contributed by atoms with E-state index in [1.54, 1.807) is 6.20 Å². The van der Waals surface area contributed by atoms with Gasteiger partial charge in [-0.05, 0) is 43.7 Å². The predicted octanol–water partition coefficient (Wildman–Crippen LogP) is 4.67. The number of anilines is 2. The molecule has 1 aromatic heterocycles. The van der Waals surface area contributed by atoms with Gasteiger partial charge in [0, 0.05) is 21.2 Å². The molecule has 2 aromatic rings. The van der Waals surface area contributed by atoms with Crippen molar-refractivity contribution >= 4 is 50.0 Å². The Morgan fingerprint density at radius 1 is 1.38 bits per heavy atom. The number of nitrogens with zero attached hydrogens (tertiary/aromatic N) is 1. The van der Waals surface area contributed by atoms with E-state index in [-0.39, 0.29) is 0 Å². The van der Waals surface area contributed by atoms with Crippen LogP contribution in [0, 0.1) is 0 Å². The number of nitrogens with one attached hydrogen (secondary N) is 1. The van der Waals surface area contributed by atoms with E-state index in [0.29, 0.717) is 6.04 Å². The lowest BCUT2D eigenvalue weighted by molar-refractivity contribution is 0.474. The highest BCUT2D eigenvalue weighted by atomic mass is 79.9. The number of fused-ring (bicyclic) bond motifs is 1. The van der Waals surface area contributed by atoms with Crippen LogP contribution in [0.5, 0.6) is 0 Å². The lowest BCUT2D eigenvalue weighted by Crippen LogP contribution is -2.29. The molecule has 0 radical (unpaired) electrons. The van der Waals surface area contributed by atoms with Crippen molar-refractivity contribution in [2.45, 2.75) is 37.0 Å². The van der Waals surface area contributed by atoms with Crippen molar-refractivity contribution in [3.05, 3.63) is 28.9 Å². The Hall–Kier alpha value is -0.940. The maximum atomic E-state index is 6.18. The zero-order chi connectivity index (χ0) is 14.8. The van der Waals surface area contributed by atoms with Crippen LogP contribution in [-0.4, -0.2) is 22.5 Å². The number of hydrogen-bond donors (Lipinski definition) is 2. The minimum Gasteiger partial charge on any atom is -0.396 e. The molecule has 3 rings (SSSR count). The molecule has 1 fully saturated rings. The van der Waals surface area contributed by atoms with Crippen molar-refractivity contribution in [3.8, 4) is 0 Å². The number of benzene rings is 1. The summed E-state index contributed by atoms with van der Waals surface area (Å²) in [5.74, 6) is 0. The Bertz CT molecular complexity index is 641. The number of hydrogen-bond acceptors (Lipinski definition) is 4. The molecule has 1 aromatic carbocycles. The van der Waals surface area contributed by atoms with Crippen molar-refractivity contribution in [2.75, 3.05) is 17.3 Å². The number of rotatable bonds is 3. The molecule has 0 saturated heterocycles. The Labute approximate surface area is 138 Å². The molecule has 0 aliphatic heterocycles. The minimum absolute atomic E-state index is 0.503. The van der Waals surface area contributed by atoms with Crippen LogP contribution < -0.4 is 11.1 Å². The number of halogens is 1. The van der Waals surface area contributed by atoms with Gasteiger partial charge in [-0.2, -0.15) is 11.8 Å². The van der Waals surface area contributed by atoms with Gasteiger partial charge in [-0.1, -0.05) is 22.4 Å². The molecule has 2 unspecified atom stereocenters. The first-order valence-electron chi connectivity index (χ1n) is 7.30. The van der Waals surface area contributed by atoms with Crippen LogP contribution in [0.15, 0.2) is 28.9 Å². The summed E-state index contributed by atoms with van der Waals surface area (Å²) in [6.07, 6.45) is 9.01. The standard InChI is InChI=1S/C16H20BrN3S/c1-21-12-4-2-3-11(8-12)20-16-13-7-10(17)5-6-15(13)19-9-14(16)18/h5-7,9,11-12H,2-4,8,18H2,1H3,(H,19,20). The van der Waals surface area contributed by atoms with E-state index in [9.17, 15) is 0 Å². The van der Waals surface area contributed by atoms with E-state index >= 15 is 0 Å². The normalized spacial score (nSPS) is 22.4. The quantitative estimate of drug-likeness (QED) is 0.829.